The first-order valence-corrected chi connectivity index (χ1v) is 7.32. The third-order valence-corrected chi connectivity index (χ3v) is 3.78. The topological polar surface area (TPSA) is 76.2 Å². The smallest absolute Gasteiger partial charge is 0.335 e. The van der Waals surface area contributed by atoms with Crippen LogP contribution in [-0.2, 0) is 0 Å². The second kappa shape index (κ2) is 5.88. The van der Waals surface area contributed by atoms with Gasteiger partial charge < -0.3 is 9.63 Å². The molecular formula is C18H15FN2O3. The summed E-state index contributed by atoms with van der Waals surface area (Å²) in [5, 5.41) is 13.0. The van der Waals surface area contributed by atoms with E-state index in [0.29, 0.717) is 11.1 Å². The molecule has 0 aliphatic rings. The van der Waals surface area contributed by atoms with E-state index in [0.717, 1.165) is 11.1 Å². The van der Waals surface area contributed by atoms with Crippen molar-refractivity contribution in [1.82, 2.24) is 10.1 Å². The highest BCUT2D eigenvalue weighted by Gasteiger charge is 2.18. The second-order valence-corrected chi connectivity index (χ2v) is 5.70. The fourth-order valence-electron chi connectivity index (χ4n) is 2.54. The molecule has 1 N–H and O–H groups in total. The lowest BCUT2D eigenvalue weighted by molar-refractivity contribution is 0.0697. The first-order valence-electron chi connectivity index (χ1n) is 7.32. The van der Waals surface area contributed by atoms with E-state index in [1.165, 1.54) is 12.1 Å². The lowest BCUT2D eigenvalue weighted by Crippen LogP contribution is -1.98. The van der Waals surface area contributed by atoms with Crippen LogP contribution in [0.5, 0.6) is 0 Å². The Hall–Kier alpha value is -3.02. The number of hydrogen-bond donors (Lipinski definition) is 1. The summed E-state index contributed by atoms with van der Waals surface area (Å²) in [6, 6.07) is 8.03. The van der Waals surface area contributed by atoms with Crippen LogP contribution in [0, 0.1) is 26.6 Å². The Bertz CT molecular complexity index is 947. The fraction of sp³-hybridized carbons (Fsp3) is 0.167. The summed E-state index contributed by atoms with van der Waals surface area (Å²) in [6.07, 6.45) is 0. The molecule has 0 aliphatic heterocycles. The number of carboxylic acid groups (broad SMARTS) is 1. The van der Waals surface area contributed by atoms with E-state index in [1.807, 2.05) is 13.8 Å². The van der Waals surface area contributed by atoms with Gasteiger partial charge in [-0.3, -0.25) is 0 Å². The highest BCUT2D eigenvalue weighted by Crippen LogP contribution is 2.28. The molecule has 0 bridgehead atoms. The number of carboxylic acids is 1. The van der Waals surface area contributed by atoms with Crippen LogP contribution >= 0.6 is 0 Å². The minimum absolute atomic E-state index is 0.0643. The average Bonchev–Trinajstić information content (AvgIpc) is 3.00. The molecule has 0 aliphatic carbocycles. The molecule has 2 aromatic carbocycles. The van der Waals surface area contributed by atoms with Gasteiger partial charge in [-0.2, -0.15) is 4.98 Å². The largest absolute Gasteiger partial charge is 0.478 e. The van der Waals surface area contributed by atoms with Gasteiger partial charge in [0.2, 0.25) is 5.82 Å². The third-order valence-electron chi connectivity index (χ3n) is 3.78. The van der Waals surface area contributed by atoms with Gasteiger partial charge in [-0.1, -0.05) is 17.3 Å². The van der Waals surface area contributed by atoms with Crippen molar-refractivity contribution >= 4 is 5.97 Å². The van der Waals surface area contributed by atoms with Crippen molar-refractivity contribution in [2.75, 3.05) is 0 Å². The number of carbonyl (C=O) groups is 1. The summed E-state index contributed by atoms with van der Waals surface area (Å²) in [5.74, 6) is -1.16. The summed E-state index contributed by atoms with van der Waals surface area (Å²) in [6.45, 7) is 5.34. The van der Waals surface area contributed by atoms with Crippen LogP contribution in [0.2, 0.25) is 0 Å². The third kappa shape index (κ3) is 2.78. The Balaban J connectivity index is 2.10. The zero-order valence-corrected chi connectivity index (χ0v) is 13.4. The highest BCUT2D eigenvalue weighted by atomic mass is 19.1. The normalized spacial score (nSPS) is 10.8. The van der Waals surface area contributed by atoms with Crippen LogP contribution in [0.4, 0.5) is 4.39 Å². The van der Waals surface area contributed by atoms with E-state index in [1.54, 1.807) is 25.1 Å². The lowest BCUT2D eigenvalue weighted by atomic mass is 10.0. The molecule has 0 amide bonds. The van der Waals surface area contributed by atoms with E-state index in [-0.39, 0.29) is 22.8 Å². The van der Waals surface area contributed by atoms with Gasteiger partial charge in [0.05, 0.1) is 11.1 Å². The maximum absolute atomic E-state index is 14.3. The molecule has 3 rings (SSSR count). The maximum atomic E-state index is 14.3. The summed E-state index contributed by atoms with van der Waals surface area (Å²) < 4.78 is 19.5. The summed E-state index contributed by atoms with van der Waals surface area (Å²) in [7, 11) is 0. The van der Waals surface area contributed by atoms with Crippen LogP contribution in [0.25, 0.3) is 22.8 Å². The minimum Gasteiger partial charge on any atom is -0.478 e. The number of aromatic carboxylic acids is 1. The van der Waals surface area contributed by atoms with Crippen LogP contribution in [0.1, 0.15) is 27.0 Å². The van der Waals surface area contributed by atoms with Gasteiger partial charge in [-0.25, -0.2) is 9.18 Å². The van der Waals surface area contributed by atoms with E-state index in [9.17, 15) is 9.18 Å². The number of aromatic nitrogens is 2. The fourth-order valence-corrected chi connectivity index (χ4v) is 2.54. The first kappa shape index (κ1) is 15.9. The Kier molecular flexibility index (Phi) is 3.89. The number of aryl methyl sites for hydroxylation is 3. The molecule has 0 atom stereocenters. The van der Waals surface area contributed by atoms with Crippen molar-refractivity contribution in [2.45, 2.75) is 20.8 Å². The minimum atomic E-state index is -1.04. The lowest BCUT2D eigenvalue weighted by Gasteiger charge is -2.03. The zero-order valence-electron chi connectivity index (χ0n) is 13.4. The first-order chi connectivity index (χ1) is 11.4. The van der Waals surface area contributed by atoms with Crippen molar-refractivity contribution in [3.63, 3.8) is 0 Å². The summed E-state index contributed by atoms with van der Waals surface area (Å²) >= 11 is 0. The molecule has 24 heavy (non-hydrogen) atoms. The summed E-state index contributed by atoms with van der Waals surface area (Å²) in [4.78, 5) is 15.4. The molecule has 0 unspecified atom stereocenters. The van der Waals surface area contributed by atoms with Gasteiger partial charge in [-0.05, 0) is 55.7 Å². The van der Waals surface area contributed by atoms with Crippen molar-refractivity contribution in [3.8, 4) is 22.8 Å². The predicted molar refractivity (Wildman–Crippen MR) is 86.3 cm³/mol. The van der Waals surface area contributed by atoms with Gasteiger partial charge in [-0.15, -0.1) is 0 Å². The Morgan fingerprint density at radius 1 is 1.08 bits per heavy atom. The molecule has 5 nitrogen and oxygen atoms in total. The molecule has 6 heteroatoms. The predicted octanol–water partition coefficient (Wildman–Crippen LogP) is 4.17. The molecule has 3 aromatic rings. The molecule has 122 valence electrons. The monoisotopic (exact) mass is 326 g/mol. The molecule has 0 radical (unpaired) electrons. The van der Waals surface area contributed by atoms with Crippen molar-refractivity contribution in [2.24, 2.45) is 0 Å². The van der Waals surface area contributed by atoms with Crippen LogP contribution < -0.4 is 0 Å². The average molecular weight is 326 g/mol. The van der Waals surface area contributed by atoms with Crippen LogP contribution in [0.15, 0.2) is 34.9 Å². The van der Waals surface area contributed by atoms with Crippen LogP contribution in [0.3, 0.4) is 0 Å². The second-order valence-electron chi connectivity index (χ2n) is 5.70. The zero-order chi connectivity index (χ0) is 17.4. The molecule has 1 aromatic heterocycles. The SMILES string of the molecule is Cc1cc(C)c(F)c(-c2nc(-c3cc(C(=O)O)ccc3C)no2)c1. The Morgan fingerprint density at radius 3 is 2.54 bits per heavy atom. The summed E-state index contributed by atoms with van der Waals surface area (Å²) in [5.41, 5.74) is 3.07. The van der Waals surface area contributed by atoms with Gasteiger partial charge in [0.15, 0.2) is 0 Å². The molecular weight excluding hydrogens is 311 g/mol. The number of halogens is 1. The number of nitrogens with zero attached hydrogens (tertiary/aromatic N) is 2. The number of benzene rings is 2. The number of rotatable bonds is 3. The van der Waals surface area contributed by atoms with Crippen LogP contribution in [-0.4, -0.2) is 21.2 Å². The van der Waals surface area contributed by atoms with Gasteiger partial charge in [0, 0.05) is 5.56 Å². The molecule has 1 heterocycles. The van der Waals surface area contributed by atoms with Crippen molar-refractivity contribution in [3.05, 3.63) is 58.4 Å². The van der Waals surface area contributed by atoms with Gasteiger partial charge >= 0.3 is 5.97 Å². The van der Waals surface area contributed by atoms with Crippen molar-refractivity contribution in [1.29, 1.82) is 0 Å². The molecule has 0 saturated heterocycles. The maximum Gasteiger partial charge on any atom is 0.335 e. The molecule has 0 spiro atoms. The van der Waals surface area contributed by atoms with Gasteiger partial charge in [0.1, 0.15) is 5.82 Å². The molecule has 0 saturated carbocycles. The van der Waals surface area contributed by atoms with E-state index in [4.69, 9.17) is 9.63 Å². The molecule has 0 fully saturated rings. The highest BCUT2D eigenvalue weighted by molar-refractivity contribution is 5.89. The van der Waals surface area contributed by atoms with Gasteiger partial charge in [0.25, 0.3) is 5.89 Å². The van der Waals surface area contributed by atoms with Crippen molar-refractivity contribution < 1.29 is 18.8 Å². The van der Waals surface area contributed by atoms with E-state index in [2.05, 4.69) is 10.1 Å². The standard InChI is InChI=1S/C18H15FN2O3/c1-9-6-11(3)15(19)14(7-9)17-20-16(21-24-17)13-8-12(18(22)23)5-4-10(13)2/h4-8H,1-3H3,(H,22,23). The Morgan fingerprint density at radius 2 is 1.83 bits per heavy atom. The van der Waals surface area contributed by atoms with E-state index < -0.39 is 11.8 Å². The quantitative estimate of drug-likeness (QED) is 0.782. The number of hydrogen-bond acceptors (Lipinski definition) is 4. The van der Waals surface area contributed by atoms with E-state index >= 15 is 0 Å². The Labute approximate surface area is 137 Å².